The average Bonchev–Trinajstić information content (AvgIpc) is 3.25. The number of anilines is 1. The number of piperidine rings is 1. The minimum absolute atomic E-state index is 0.00623. The van der Waals surface area contributed by atoms with Gasteiger partial charge in [-0.2, -0.15) is 18.3 Å². The van der Waals surface area contributed by atoms with Gasteiger partial charge in [-0.05, 0) is 38.2 Å². The van der Waals surface area contributed by atoms with Gasteiger partial charge in [0.1, 0.15) is 12.1 Å². The number of carbonyl (C=O) groups is 1. The SMILES string of the molecule is CO[C@@H](C)[C@]12C[C@H](C)C[C@H](C1)N2C(=O)Nc1cc(-c2cn3ncnc3cn2)c(C(F)(F)F)cn1. The number of urea groups is 1. The molecule has 2 amide bonds. The Hall–Kier alpha value is -3.28. The zero-order valence-electron chi connectivity index (χ0n) is 18.9. The largest absolute Gasteiger partial charge is 0.418 e. The number of aromatic nitrogens is 5. The molecule has 9 nitrogen and oxygen atoms in total. The highest BCUT2D eigenvalue weighted by atomic mass is 19.4. The Labute approximate surface area is 193 Å². The molecule has 4 heterocycles. The van der Waals surface area contributed by atoms with E-state index in [0.29, 0.717) is 17.8 Å². The quantitative estimate of drug-likeness (QED) is 0.612. The molecule has 34 heavy (non-hydrogen) atoms. The maximum atomic E-state index is 13.7. The van der Waals surface area contributed by atoms with Gasteiger partial charge in [-0.1, -0.05) is 6.92 Å². The minimum atomic E-state index is -4.66. The van der Waals surface area contributed by atoms with Crippen LogP contribution >= 0.6 is 0 Å². The molecule has 2 aliphatic rings. The molecule has 1 aliphatic carbocycles. The van der Waals surface area contributed by atoms with Crippen LogP contribution in [0.3, 0.4) is 0 Å². The monoisotopic (exact) mass is 475 g/mol. The van der Waals surface area contributed by atoms with Gasteiger partial charge in [0.05, 0.1) is 35.3 Å². The maximum Gasteiger partial charge on any atom is 0.418 e. The molecule has 2 bridgehead atoms. The Kier molecular flexibility index (Phi) is 5.23. The van der Waals surface area contributed by atoms with Crippen LogP contribution in [0.15, 0.2) is 31.0 Å². The van der Waals surface area contributed by atoms with Crippen molar-refractivity contribution in [2.45, 2.75) is 57.0 Å². The van der Waals surface area contributed by atoms with Crippen molar-refractivity contribution in [2.75, 3.05) is 12.4 Å². The van der Waals surface area contributed by atoms with E-state index in [4.69, 9.17) is 4.74 Å². The van der Waals surface area contributed by atoms with Crippen molar-refractivity contribution in [1.82, 2.24) is 29.5 Å². The maximum absolute atomic E-state index is 13.7. The summed E-state index contributed by atoms with van der Waals surface area (Å²) in [5, 5.41) is 6.66. The smallest absolute Gasteiger partial charge is 0.379 e. The fourth-order valence-electron chi connectivity index (χ4n) is 5.48. The lowest BCUT2D eigenvalue weighted by Gasteiger charge is -2.65. The molecule has 12 heteroatoms. The summed E-state index contributed by atoms with van der Waals surface area (Å²) in [4.78, 5) is 27.0. The predicted octanol–water partition coefficient (Wildman–Crippen LogP) is 4.01. The first-order valence-corrected chi connectivity index (χ1v) is 11.0. The summed E-state index contributed by atoms with van der Waals surface area (Å²) in [5.41, 5.74) is -1.18. The number of ether oxygens (including phenoxy) is 1. The van der Waals surface area contributed by atoms with Crippen LogP contribution in [0.2, 0.25) is 0 Å². The van der Waals surface area contributed by atoms with Gasteiger partial charge in [0.15, 0.2) is 5.65 Å². The van der Waals surface area contributed by atoms with Gasteiger partial charge < -0.3 is 9.64 Å². The van der Waals surface area contributed by atoms with E-state index in [1.807, 2.05) is 6.92 Å². The van der Waals surface area contributed by atoms with E-state index in [1.165, 1.54) is 29.3 Å². The zero-order chi connectivity index (χ0) is 24.3. The molecule has 180 valence electrons. The van der Waals surface area contributed by atoms with Gasteiger partial charge in [-0.25, -0.2) is 19.3 Å². The summed E-state index contributed by atoms with van der Waals surface area (Å²) in [5.74, 6) is 0.459. The van der Waals surface area contributed by atoms with Gasteiger partial charge in [-0.15, -0.1) is 0 Å². The van der Waals surface area contributed by atoms with Crippen molar-refractivity contribution < 1.29 is 22.7 Å². The lowest BCUT2D eigenvalue weighted by atomic mass is 9.62. The lowest BCUT2D eigenvalue weighted by Crippen LogP contribution is -2.76. The second kappa shape index (κ2) is 7.90. The first-order valence-electron chi connectivity index (χ1n) is 11.0. The summed E-state index contributed by atoms with van der Waals surface area (Å²) < 4.78 is 48.1. The fourth-order valence-corrected chi connectivity index (χ4v) is 5.48. The van der Waals surface area contributed by atoms with E-state index < -0.39 is 23.3 Å². The van der Waals surface area contributed by atoms with E-state index >= 15 is 0 Å². The first kappa shape index (κ1) is 22.5. The molecule has 1 saturated heterocycles. The standard InChI is InChI=1S/C22H24F3N7O2/c1-12-4-14-7-21(6-12,13(2)34-3)32(14)20(33)30-18-5-15(16(8-27-18)22(23,24)25)17-10-31-19(9-26-17)28-11-29-31/h5,8-14H,4,6-7H2,1-3H3,(H,27,30,33)/t12-,13+,14-,21+/m1/s1. The van der Waals surface area contributed by atoms with E-state index in [-0.39, 0.29) is 29.2 Å². The average molecular weight is 475 g/mol. The molecule has 1 N–H and O–H groups in total. The second-order valence-corrected chi connectivity index (χ2v) is 9.13. The molecule has 1 aliphatic heterocycles. The van der Waals surface area contributed by atoms with Crippen LogP contribution in [0.1, 0.15) is 38.7 Å². The second-order valence-electron chi connectivity index (χ2n) is 9.13. The fraction of sp³-hybridized carbons (Fsp3) is 0.500. The van der Waals surface area contributed by atoms with E-state index in [0.717, 1.165) is 19.3 Å². The van der Waals surface area contributed by atoms with Gasteiger partial charge >= 0.3 is 12.2 Å². The van der Waals surface area contributed by atoms with Gasteiger partial charge in [-0.3, -0.25) is 10.3 Å². The number of pyridine rings is 1. The first-order chi connectivity index (χ1) is 16.1. The number of fused-ring (bicyclic) bond motifs is 3. The van der Waals surface area contributed by atoms with Crippen molar-refractivity contribution in [3.63, 3.8) is 0 Å². The molecular weight excluding hydrogens is 451 g/mol. The Bertz CT molecular complexity index is 1250. The highest BCUT2D eigenvalue weighted by Crippen LogP contribution is 2.52. The summed E-state index contributed by atoms with van der Waals surface area (Å²) in [7, 11) is 1.62. The van der Waals surface area contributed by atoms with Crippen LogP contribution in [-0.2, 0) is 10.9 Å². The van der Waals surface area contributed by atoms with Crippen LogP contribution in [0.25, 0.3) is 16.9 Å². The number of nitrogens with zero attached hydrogens (tertiary/aromatic N) is 6. The molecule has 2 fully saturated rings. The Morgan fingerprint density at radius 2 is 2.06 bits per heavy atom. The van der Waals surface area contributed by atoms with Crippen molar-refractivity contribution in [2.24, 2.45) is 5.92 Å². The number of likely N-dealkylation sites (tertiary alicyclic amines) is 1. The van der Waals surface area contributed by atoms with Crippen molar-refractivity contribution >= 4 is 17.5 Å². The minimum Gasteiger partial charge on any atom is -0.379 e. The molecule has 4 atom stereocenters. The molecule has 0 aromatic carbocycles. The van der Waals surface area contributed by atoms with Gasteiger partial charge in [0.2, 0.25) is 0 Å². The normalized spacial score (nSPS) is 25.2. The number of hydrogen-bond donors (Lipinski definition) is 1. The third kappa shape index (κ3) is 3.56. The molecule has 5 rings (SSSR count). The van der Waals surface area contributed by atoms with E-state index in [1.54, 1.807) is 12.0 Å². The van der Waals surface area contributed by atoms with Crippen molar-refractivity contribution in [1.29, 1.82) is 0 Å². The topological polar surface area (TPSA) is 97.5 Å². The van der Waals surface area contributed by atoms with Crippen LogP contribution in [0.4, 0.5) is 23.8 Å². The summed E-state index contributed by atoms with van der Waals surface area (Å²) in [6, 6.07) is 0.854. The molecule has 0 radical (unpaired) electrons. The van der Waals surface area contributed by atoms with Crippen LogP contribution < -0.4 is 5.32 Å². The molecule has 3 aromatic heterocycles. The number of rotatable bonds is 4. The van der Waals surface area contributed by atoms with Crippen LogP contribution in [0.5, 0.6) is 0 Å². The highest BCUT2D eigenvalue weighted by Gasteiger charge is 2.61. The van der Waals surface area contributed by atoms with Crippen molar-refractivity contribution in [3.05, 3.63) is 36.5 Å². The molecule has 0 unspecified atom stereocenters. The number of carbonyl (C=O) groups excluding carboxylic acids is 1. The van der Waals surface area contributed by atoms with Gasteiger partial charge in [0.25, 0.3) is 0 Å². The highest BCUT2D eigenvalue weighted by molar-refractivity contribution is 5.91. The third-order valence-corrected chi connectivity index (χ3v) is 7.02. The zero-order valence-corrected chi connectivity index (χ0v) is 18.9. The molecule has 1 saturated carbocycles. The number of halogens is 3. The van der Waals surface area contributed by atoms with Crippen LogP contribution in [0, 0.1) is 5.92 Å². The third-order valence-electron chi connectivity index (χ3n) is 7.02. The number of nitrogens with one attached hydrogen (secondary N) is 1. The number of hydrogen-bond acceptors (Lipinski definition) is 6. The van der Waals surface area contributed by atoms with E-state index in [9.17, 15) is 18.0 Å². The Morgan fingerprint density at radius 3 is 2.79 bits per heavy atom. The number of methoxy groups -OCH3 is 1. The Balaban J connectivity index is 1.48. The predicted molar refractivity (Wildman–Crippen MR) is 116 cm³/mol. The number of alkyl halides is 3. The summed E-state index contributed by atoms with van der Waals surface area (Å²) in [6.07, 6.45) is 2.37. The van der Waals surface area contributed by atoms with E-state index in [2.05, 4.69) is 32.3 Å². The van der Waals surface area contributed by atoms with Crippen molar-refractivity contribution in [3.8, 4) is 11.3 Å². The summed E-state index contributed by atoms with van der Waals surface area (Å²) in [6.45, 7) is 4.09. The lowest BCUT2D eigenvalue weighted by molar-refractivity contribution is -0.155. The molecule has 0 spiro atoms. The summed E-state index contributed by atoms with van der Waals surface area (Å²) >= 11 is 0. The Morgan fingerprint density at radius 1 is 1.26 bits per heavy atom. The molecular formula is C22H24F3N7O2. The van der Waals surface area contributed by atoms with Crippen LogP contribution in [-0.4, -0.2) is 60.3 Å². The number of amides is 2. The van der Waals surface area contributed by atoms with Gasteiger partial charge in [0, 0.05) is 24.9 Å². The molecule has 3 aromatic rings.